The summed E-state index contributed by atoms with van der Waals surface area (Å²) in [5, 5.41) is 3.82. The van der Waals surface area contributed by atoms with Crippen molar-refractivity contribution in [3.05, 3.63) is 11.7 Å². The van der Waals surface area contributed by atoms with Crippen LogP contribution in [0.5, 0.6) is 0 Å². The first-order valence-corrected chi connectivity index (χ1v) is 5.97. The highest BCUT2D eigenvalue weighted by Gasteiger charge is 2.26. The Labute approximate surface area is 91.3 Å². The molecule has 1 aliphatic rings. The van der Waals surface area contributed by atoms with E-state index in [4.69, 9.17) is 4.52 Å². The largest absolute Gasteiger partial charge is 0.339 e. The Kier molecular flexibility index (Phi) is 3.08. The van der Waals surface area contributed by atoms with Crippen LogP contribution in [0.15, 0.2) is 4.52 Å². The predicted molar refractivity (Wildman–Crippen MR) is 58.5 cm³/mol. The van der Waals surface area contributed by atoms with Crippen LogP contribution in [-0.4, -0.2) is 10.1 Å². The van der Waals surface area contributed by atoms with E-state index in [9.17, 15) is 0 Å². The lowest BCUT2D eigenvalue weighted by molar-refractivity contribution is 0.192. The number of rotatable bonds is 3. The molecule has 0 aromatic carbocycles. The lowest BCUT2D eigenvalue weighted by Gasteiger charge is -2.33. The monoisotopic (exact) mass is 208 g/mol. The summed E-state index contributed by atoms with van der Waals surface area (Å²) < 4.78 is 5.14. The van der Waals surface area contributed by atoms with Crippen molar-refractivity contribution in [3.63, 3.8) is 0 Å². The molecule has 0 aliphatic heterocycles. The van der Waals surface area contributed by atoms with Crippen molar-refractivity contribution in [2.45, 2.75) is 58.8 Å². The molecule has 2 rings (SSSR count). The third-order valence-electron chi connectivity index (χ3n) is 3.57. The van der Waals surface area contributed by atoms with Crippen molar-refractivity contribution in [2.75, 3.05) is 0 Å². The van der Waals surface area contributed by atoms with Gasteiger partial charge in [-0.1, -0.05) is 31.3 Å². The van der Waals surface area contributed by atoms with Crippen molar-refractivity contribution in [1.29, 1.82) is 0 Å². The Morgan fingerprint density at radius 1 is 1.27 bits per heavy atom. The van der Waals surface area contributed by atoms with Gasteiger partial charge in [-0.25, -0.2) is 0 Å². The molecule has 0 radical (unpaired) electrons. The van der Waals surface area contributed by atoms with Crippen LogP contribution in [0.3, 0.4) is 0 Å². The van der Waals surface area contributed by atoms with Crippen LogP contribution in [0.1, 0.15) is 57.2 Å². The molecule has 1 heterocycles. The molecule has 15 heavy (non-hydrogen) atoms. The molecule has 0 N–H and O–H groups in total. The van der Waals surface area contributed by atoms with Gasteiger partial charge in [-0.2, -0.15) is 4.98 Å². The van der Waals surface area contributed by atoms with Gasteiger partial charge in [0, 0.05) is 6.42 Å². The number of hydrogen-bond acceptors (Lipinski definition) is 3. The van der Waals surface area contributed by atoms with E-state index in [1.807, 2.05) is 6.92 Å². The Hall–Kier alpha value is -0.860. The maximum absolute atomic E-state index is 5.14. The van der Waals surface area contributed by atoms with Crippen LogP contribution >= 0.6 is 0 Å². The quantitative estimate of drug-likeness (QED) is 0.765. The molecule has 84 valence electrons. The molecule has 1 aromatic rings. The maximum Gasteiger partial charge on any atom is 0.226 e. The standard InChI is InChI=1S/C12H20N2O/c1-10-13-11(15-14-10)6-9-12(2)7-4-3-5-8-12/h3-9H2,1-2H3. The summed E-state index contributed by atoms with van der Waals surface area (Å²) in [6, 6.07) is 0. The normalized spacial score (nSPS) is 20.4. The van der Waals surface area contributed by atoms with Gasteiger partial charge in [0.15, 0.2) is 5.82 Å². The van der Waals surface area contributed by atoms with Gasteiger partial charge in [-0.05, 0) is 31.6 Å². The SMILES string of the molecule is Cc1noc(CCC2(C)CCCCC2)n1. The highest BCUT2D eigenvalue weighted by atomic mass is 16.5. The lowest BCUT2D eigenvalue weighted by atomic mass is 9.73. The zero-order valence-corrected chi connectivity index (χ0v) is 9.75. The molecule has 0 bridgehead atoms. The van der Waals surface area contributed by atoms with Gasteiger partial charge in [0.05, 0.1) is 0 Å². The molecule has 1 saturated carbocycles. The molecule has 0 amide bonds. The molecular weight excluding hydrogens is 188 g/mol. The summed E-state index contributed by atoms with van der Waals surface area (Å²) in [4.78, 5) is 4.25. The van der Waals surface area contributed by atoms with Gasteiger partial charge in [0.1, 0.15) is 0 Å². The minimum absolute atomic E-state index is 0.515. The summed E-state index contributed by atoms with van der Waals surface area (Å²) in [5.41, 5.74) is 0.515. The minimum atomic E-state index is 0.515. The fourth-order valence-corrected chi connectivity index (χ4v) is 2.51. The maximum atomic E-state index is 5.14. The van der Waals surface area contributed by atoms with Crippen LogP contribution in [0, 0.1) is 12.3 Å². The summed E-state index contributed by atoms with van der Waals surface area (Å²) in [6.07, 6.45) is 9.04. The van der Waals surface area contributed by atoms with E-state index >= 15 is 0 Å². The van der Waals surface area contributed by atoms with Gasteiger partial charge in [0.25, 0.3) is 0 Å². The lowest BCUT2D eigenvalue weighted by Crippen LogP contribution is -2.20. The molecule has 1 aliphatic carbocycles. The first-order valence-electron chi connectivity index (χ1n) is 5.97. The smallest absolute Gasteiger partial charge is 0.226 e. The Morgan fingerprint density at radius 2 is 2.00 bits per heavy atom. The Balaban J connectivity index is 1.86. The second-order valence-electron chi connectivity index (χ2n) is 5.11. The minimum Gasteiger partial charge on any atom is -0.339 e. The van der Waals surface area contributed by atoms with E-state index in [1.54, 1.807) is 0 Å². The van der Waals surface area contributed by atoms with Crippen LogP contribution in [-0.2, 0) is 6.42 Å². The first kappa shape index (κ1) is 10.7. The molecule has 1 fully saturated rings. The van der Waals surface area contributed by atoms with E-state index in [1.165, 1.54) is 38.5 Å². The van der Waals surface area contributed by atoms with Crippen molar-refractivity contribution < 1.29 is 4.52 Å². The second kappa shape index (κ2) is 4.33. The van der Waals surface area contributed by atoms with Gasteiger partial charge in [-0.15, -0.1) is 0 Å². The number of aryl methyl sites for hydroxylation is 2. The van der Waals surface area contributed by atoms with E-state index < -0.39 is 0 Å². The molecule has 1 aromatic heterocycles. The molecule has 0 saturated heterocycles. The third-order valence-corrected chi connectivity index (χ3v) is 3.57. The fraction of sp³-hybridized carbons (Fsp3) is 0.833. The van der Waals surface area contributed by atoms with Crippen molar-refractivity contribution in [1.82, 2.24) is 10.1 Å². The first-order chi connectivity index (χ1) is 7.18. The highest BCUT2D eigenvalue weighted by Crippen LogP contribution is 2.39. The van der Waals surface area contributed by atoms with Gasteiger partial charge in [0.2, 0.25) is 5.89 Å². The topological polar surface area (TPSA) is 38.9 Å². The molecule has 0 atom stereocenters. The molecular formula is C12H20N2O. The molecule has 0 spiro atoms. The molecule has 0 unspecified atom stereocenters. The average Bonchev–Trinajstić information content (AvgIpc) is 2.63. The van der Waals surface area contributed by atoms with E-state index in [0.717, 1.165) is 18.1 Å². The predicted octanol–water partition coefficient (Wildman–Crippen LogP) is 3.28. The van der Waals surface area contributed by atoms with Gasteiger partial charge >= 0.3 is 0 Å². The van der Waals surface area contributed by atoms with Crippen LogP contribution < -0.4 is 0 Å². The zero-order chi connectivity index (χ0) is 10.7. The van der Waals surface area contributed by atoms with Crippen LogP contribution in [0.4, 0.5) is 0 Å². The van der Waals surface area contributed by atoms with Crippen molar-refractivity contribution >= 4 is 0 Å². The number of nitrogens with zero attached hydrogens (tertiary/aromatic N) is 2. The van der Waals surface area contributed by atoms with Crippen LogP contribution in [0.25, 0.3) is 0 Å². The average molecular weight is 208 g/mol. The number of aromatic nitrogens is 2. The van der Waals surface area contributed by atoms with E-state index in [-0.39, 0.29) is 0 Å². The van der Waals surface area contributed by atoms with Crippen LogP contribution in [0.2, 0.25) is 0 Å². The highest BCUT2D eigenvalue weighted by molar-refractivity contribution is 4.87. The Morgan fingerprint density at radius 3 is 2.60 bits per heavy atom. The van der Waals surface area contributed by atoms with Gasteiger partial charge in [-0.3, -0.25) is 0 Å². The number of hydrogen-bond donors (Lipinski definition) is 0. The summed E-state index contributed by atoms with van der Waals surface area (Å²) in [6.45, 7) is 4.27. The van der Waals surface area contributed by atoms with E-state index in [0.29, 0.717) is 5.41 Å². The molecule has 3 heteroatoms. The van der Waals surface area contributed by atoms with Gasteiger partial charge < -0.3 is 4.52 Å². The Bertz CT molecular complexity index is 313. The summed E-state index contributed by atoms with van der Waals surface area (Å²) >= 11 is 0. The fourth-order valence-electron chi connectivity index (χ4n) is 2.51. The van der Waals surface area contributed by atoms with E-state index in [2.05, 4.69) is 17.1 Å². The summed E-state index contributed by atoms with van der Waals surface area (Å²) in [5.74, 6) is 1.55. The summed E-state index contributed by atoms with van der Waals surface area (Å²) in [7, 11) is 0. The molecule has 3 nitrogen and oxygen atoms in total. The zero-order valence-electron chi connectivity index (χ0n) is 9.75. The third kappa shape index (κ3) is 2.80. The van der Waals surface area contributed by atoms with Crippen molar-refractivity contribution in [3.8, 4) is 0 Å². The second-order valence-corrected chi connectivity index (χ2v) is 5.11. The van der Waals surface area contributed by atoms with Crippen molar-refractivity contribution in [2.24, 2.45) is 5.41 Å².